The van der Waals surface area contributed by atoms with E-state index in [0.29, 0.717) is 19.3 Å². The number of fused-ring (bicyclic) bond motifs is 1. The molecule has 2 aliphatic rings. The number of carbonyl (C=O) groups is 2. The Hall–Kier alpha value is -1.47. The Morgan fingerprint density at radius 3 is 2.73 bits per heavy atom. The molecule has 2 rings (SSSR count). The first-order valence-corrected chi connectivity index (χ1v) is 11.3. The molecule has 1 saturated carbocycles. The summed E-state index contributed by atoms with van der Waals surface area (Å²) >= 11 is 0. The van der Waals surface area contributed by atoms with E-state index in [1.54, 1.807) is 0 Å². The number of rotatable bonds is 12. The lowest BCUT2D eigenvalue weighted by Gasteiger charge is -2.20. The minimum atomic E-state index is -0.838. The fourth-order valence-electron chi connectivity index (χ4n) is 4.89. The van der Waals surface area contributed by atoms with Crippen molar-refractivity contribution < 1.29 is 33.6 Å². The third-order valence-electron chi connectivity index (χ3n) is 6.55. The molecule has 1 aliphatic heterocycles. The minimum absolute atomic E-state index is 0.00705. The van der Waals surface area contributed by atoms with Gasteiger partial charge in [0, 0.05) is 0 Å². The summed E-state index contributed by atoms with van der Waals surface area (Å²) in [5.41, 5.74) is 0. The Bertz CT molecular complexity index is 580. The van der Waals surface area contributed by atoms with Crippen LogP contribution in [0.3, 0.4) is 0 Å². The molecule has 0 aromatic carbocycles. The van der Waals surface area contributed by atoms with Gasteiger partial charge in [-0.1, -0.05) is 38.8 Å². The normalized spacial score (nSPS) is 30.2. The number of alkyl halides is 1. The van der Waals surface area contributed by atoms with Gasteiger partial charge < -0.3 is 14.4 Å². The van der Waals surface area contributed by atoms with Crippen molar-refractivity contribution in [2.45, 2.75) is 90.0 Å². The van der Waals surface area contributed by atoms with Crippen LogP contribution in [-0.4, -0.2) is 42.7 Å². The van der Waals surface area contributed by atoms with Crippen molar-refractivity contribution >= 4 is 11.9 Å². The Kier molecular flexibility index (Phi) is 10.2. The summed E-state index contributed by atoms with van der Waals surface area (Å²) in [5.74, 6) is -0.763. The lowest BCUT2D eigenvalue weighted by molar-refractivity contribution is -0.235. The van der Waals surface area contributed by atoms with E-state index >= 15 is 0 Å². The molecule has 0 amide bonds. The highest BCUT2D eigenvalue weighted by atomic mass is 19.1. The lowest BCUT2D eigenvalue weighted by Crippen LogP contribution is -2.23. The van der Waals surface area contributed by atoms with E-state index in [9.17, 15) is 14.0 Å². The van der Waals surface area contributed by atoms with Gasteiger partial charge in [0.25, 0.3) is 0 Å². The van der Waals surface area contributed by atoms with Crippen molar-refractivity contribution in [3.8, 4) is 0 Å². The number of esters is 1. The molecular formula is C23H37FO6. The van der Waals surface area contributed by atoms with Gasteiger partial charge in [0.15, 0.2) is 0 Å². The quantitative estimate of drug-likeness (QED) is 0.207. The Morgan fingerprint density at radius 1 is 1.30 bits per heavy atom. The molecular weight excluding hydrogens is 391 g/mol. The largest absolute Gasteiger partial charge is 0.469 e. The van der Waals surface area contributed by atoms with Crippen LogP contribution in [-0.2, 0) is 24.0 Å². The standard InChI is InChI=1S/C23H37FO6/c1-4-5-7-16(24)8-6-9-18-19-13-17(11-10-15(2)12-22(25)30-27)29-21(19)14-20(18)23(26)28-3/h6,9,15-21,27H,4-5,7-8,10-14H2,1-3H3/t15?,16-,17+,18+,19-,20-,21+/m1/s1. The maximum atomic E-state index is 14.0. The molecule has 1 unspecified atom stereocenters. The molecule has 2 fully saturated rings. The molecule has 1 saturated heterocycles. The van der Waals surface area contributed by atoms with Crippen molar-refractivity contribution in [1.82, 2.24) is 0 Å². The second kappa shape index (κ2) is 12.4. The molecule has 7 atom stereocenters. The second-order valence-corrected chi connectivity index (χ2v) is 8.89. The van der Waals surface area contributed by atoms with Gasteiger partial charge in [0.05, 0.1) is 31.7 Å². The topological polar surface area (TPSA) is 82.1 Å². The molecule has 0 spiro atoms. The molecule has 1 heterocycles. The van der Waals surface area contributed by atoms with Gasteiger partial charge in [0.2, 0.25) is 0 Å². The predicted octanol–water partition coefficient (Wildman–Crippen LogP) is 4.87. The Labute approximate surface area is 179 Å². The molecule has 30 heavy (non-hydrogen) atoms. The van der Waals surface area contributed by atoms with E-state index < -0.39 is 12.1 Å². The van der Waals surface area contributed by atoms with E-state index in [1.165, 1.54) is 7.11 Å². The highest BCUT2D eigenvalue weighted by Gasteiger charge is 2.51. The zero-order valence-corrected chi connectivity index (χ0v) is 18.4. The highest BCUT2D eigenvalue weighted by Crippen LogP contribution is 2.48. The van der Waals surface area contributed by atoms with E-state index in [4.69, 9.17) is 14.7 Å². The summed E-state index contributed by atoms with van der Waals surface area (Å²) in [6.07, 6.45) is 9.24. The van der Waals surface area contributed by atoms with Crippen molar-refractivity contribution in [2.75, 3.05) is 7.11 Å². The van der Waals surface area contributed by atoms with E-state index in [-0.39, 0.29) is 48.3 Å². The van der Waals surface area contributed by atoms with Gasteiger partial charge in [-0.05, 0) is 56.3 Å². The van der Waals surface area contributed by atoms with Crippen LogP contribution in [0.2, 0.25) is 0 Å². The third kappa shape index (κ3) is 7.05. The van der Waals surface area contributed by atoms with Gasteiger partial charge in [0.1, 0.15) is 6.17 Å². The summed E-state index contributed by atoms with van der Waals surface area (Å²) in [6.45, 7) is 4.00. The van der Waals surface area contributed by atoms with Crippen molar-refractivity contribution in [2.24, 2.45) is 23.7 Å². The van der Waals surface area contributed by atoms with Gasteiger partial charge in [-0.2, -0.15) is 5.26 Å². The monoisotopic (exact) mass is 428 g/mol. The Balaban J connectivity index is 1.91. The Morgan fingerprint density at radius 2 is 2.07 bits per heavy atom. The van der Waals surface area contributed by atoms with E-state index in [0.717, 1.165) is 32.1 Å². The SMILES string of the molecule is CCCC[C@@H](F)CC=C[C@H]1[C@H]2C[C@H](CCC(C)CC(=O)OO)O[C@H]2C[C@H]1C(=O)OC. The molecule has 172 valence electrons. The molecule has 0 bridgehead atoms. The van der Waals surface area contributed by atoms with Crippen LogP contribution < -0.4 is 0 Å². The van der Waals surface area contributed by atoms with E-state index in [2.05, 4.69) is 11.8 Å². The zero-order chi connectivity index (χ0) is 22.1. The number of hydrogen-bond acceptors (Lipinski definition) is 6. The van der Waals surface area contributed by atoms with E-state index in [1.807, 2.05) is 19.1 Å². The fourth-order valence-corrected chi connectivity index (χ4v) is 4.89. The molecule has 6 nitrogen and oxygen atoms in total. The number of unbranched alkanes of at least 4 members (excludes halogenated alkanes) is 1. The molecule has 1 N–H and O–H groups in total. The third-order valence-corrected chi connectivity index (χ3v) is 6.55. The second-order valence-electron chi connectivity index (χ2n) is 8.89. The van der Waals surface area contributed by atoms with Gasteiger partial charge in [-0.3, -0.25) is 4.79 Å². The van der Waals surface area contributed by atoms with Crippen LogP contribution in [0, 0.1) is 23.7 Å². The predicted molar refractivity (Wildman–Crippen MR) is 110 cm³/mol. The van der Waals surface area contributed by atoms with Crippen molar-refractivity contribution in [1.29, 1.82) is 0 Å². The smallest absolute Gasteiger partial charge is 0.342 e. The number of ether oxygens (including phenoxy) is 2. The maximum absolute atomic E-state index is 14.0. The molecule has 0 aromatic rings. The van der Waals surface area contributed by atoms with Crippen molar-refractivity contribution in [3.05, 3.63) is 12.2 Å². The zero-order valence-electron chi connectivity index (χ0n) is 18.4. The summed E-state index contributed by atoms with van der Waals surface area (Å²) < 4.78 is 25.2. The number of allylic oxidation sites excluding steroid dienone is 2. The summed E-state index contributed by atoms with van der Waals surface area (Å²) in [6, 6.07) is 0. The summed E-state index contributed by atoms with van der Waals surface area (Å²) in [7, 11) is 1.40. The first-order valence-electron chi connectivity index (χ1n) is 11.3. The summed E-state index contributed by atoms with van der Waals surface area (Å²) in [4.78, 5) is 27.2. The van der Waals surface area contributed by atoms with Crippen LogP contribution >= 0.6 is 0 Å². The number of hydrogen-bond donors (Lipinski definition) is 1. The van der Waals surface area contributed by atoms with Gasteiger partial charge >= 0.3 is 11.9 Å². The lowest BCUT2D eigenvalue weighted by atomic mass is 9.85. The van der Waals surface area contributed by atoms with Gasteiger partial charge in [-0.25, -0.2) is 9.18 Å². The number of halogens is 1. The molecule has 1 aliphatic carbocycles. The van der Waals surface area contributed by atoms with Crippen LogP contribution in [0.4, 0.5) is 4.39 Å². The molecule has 7 heteroatoms. The fraction of sp³-hybridized carbons (Fsp3) is 0.826. The van der Waals surface area contributed by atoms with Gasteiger partial charge in [-0.15, -0.1) is 0 Å². The number of carbonyl (C=O) groups excluding carboxylic acids is 2. The average Bonchev–Trinajstić information content (AvgIpc) is 3.28. The highest BCUT2D eigenvalue weighted by molar-refractivity contribution is 5.73. The maximum Gasteiger partial charge on any atom is 0.342 e. The van der Waals surface area contributed by atoms with Crippen molar-refractivity contribution in [3.63, 3.8) is 0 Å². The van der Waals surface area contributed by atoms with Crippen LogP contribution in [0.5, 0.6) is 0 Å². The van der Waals surface area contributed by atoms with Crippen LogP contribution in [0.1, 0.15) is 71.6 Å². The molecule has 0 aromatic heterocycles. The first kappa shape index (κ1) is 24.8. The summed E-state index contributed by atoms with van der Waals surface area (Å²) in [5, 5.41) is 8.40. The molecule has 0 radical (unpaired) electrons. The number of methoxy groups -OCH3 is 1. The average molecular weight is 429 g/mol. The van der Waals surface area contributed by atoms with Crippen LogP contribution in [0.15, 0.2) is 12.2 Å². The van der Waals surface area contributed by atoms with Crippen LogP contribution in [0.25, 0.3) is 0 Å². The minimum Gasteiger partial charge on any atom is -0.469 e. The first-order chi connectivity index (χ1) is 14.4.